The van der Waals surface area contributed by atoms with Gasteiger partial charge in [0.05, 0.1) is 6.20 Å². The number of hydrogen-bond donors (Lipinski definition) is 0. The van der Waals surface area contributed by atoms with E-state index in [9.17, 15) is 0 Å². The van der Waals surface area contributed by atoms with E-state index in [1.165, 1.54) is 11.3 Å². The summed E-state index contributed by atoms with van der Waals surface area (Å²) in [5, 5.41) is 14.4. The Balaban J connectivity index is 2.92. The highest BCUT2D eigenvalue weighted by Gasteiger charge is 2.01. The summed E-state index contributed by atoms with van der Waals surface area (Å²) in [6, 6.07) is 2.06. The van der Waals surface area contributed by atoms with E-state index in [4.69, 9.17) is 5.26 Å². The van der Waals surface area contributed by atoms with Crippen LogP contribution < -0.4 is 0 Å². The fourth-order valence-electron chi connectivity index (χ4n) is 0.804. The number of hydrogen-bond acceptors (Lipinski definition) is 3. The van der Waals surface area contributed by atoms with Gasteiger partial charge in [0.25, 0.3) is 0 Å². The standard InChI is InChI=1S/C6H3N3S/c7-3-5-4-8-9-1-2-10-6(5)9/h1-2,4H. The molecule has 0 aromatic carbocycles. The lowest BCUT2D eigenvalue weighted by molar-refractivity contribution is 0.978. The number of aromatic nitrogens is 2. The fraction of sp³-hybridized carbons (Fsp3) is 0. The van der Waals surface area contributed by atoms with Gasteiger partial charge < -0.3 is 0 Å². The molecule has 2 aromatic heterocycles. The van der Waals surface area contributed by atoms with Crippen LogP contribution in [0.1, 0.15) is 5.56 Å². The van der Waals surface area contributed by atoms with Crippen molar-refractivity contribution in [2.75, 3.05) is 0 Å². The molecular weight excluding hydrogens is 146 g/mol. The molecule has 0 saturated heterocycles. The second kappa shape index (κ2) is 1.82. The third-order valence-corrected chi connectivity index (χ3v) is 2.14. The second-order valence-corrected chi connectivity index (χ2v) is 2.72. The zero-order valence-electron chi connectivity index (χ0n) is 4.98. The van der Waals surface area contributed by atoms with Crippen LogP contribution in [-0.2, 0) is 0 Å². The molecule has 4 heteroatoms. The highest BCUT2D eigenvalue weighted by Crippen LogP contribution is 2.14. The summed E-state index contributed by atoms with van der Waals surface area (Å²) >= 11 is 1.52. The first kappa shape index (κ1) is 5.45. The number of rotatable bonds is 0. The quantitative estimate of drug-likeness (QED) is 0.566. The Bertz CT molecular complexity index is 392. The highest BCUT2D eigenvalue weighted by molar-refractivity contribution is 7.15. The van der Waals surface area contributed by atoms with Crippen molar-refractivity contribution in [2.45, 2.75) is 0 Å². The van der Waals surface area contributed by atoms with Crippen LogP contribution in [0, 0.1) is 11.3 Å². The molecule has 48 valence electrons. The minimum absolute atomic E-state index is 0.648. The predicted molar refractivity (Wildman–Crippen MR) is 37.8 cm³/mol. The van der Waals surface area contributed by atoms with E-state index < -0.39 is 0 Å². The van der Waals surface area contributed by atoms with Gasteiger partial charge in [-0.1, -0.05) is 0 Å². The molecule has 2 heterocycles. The molecule has 0 unspecified atom stereocenters. The lowest BCUT2D eigenvalue weighted by atomic mass is 10.4. The summed E-state index contributed by atoms with van der Waals surface area (Å²) in [6.07, 6.45) is 3.41. The van der Waals surface area contributed by atoms with E-state index in [-0.39, 0.29) is 0 Å². The van der Waals surface area contributed by atoms with Gasteiger partial charge in [0.1, 0.15) is 16.5 Å². The summed E-state index contributed by atoms with van der Waals surface area (Å²) in [4.78, 5) is 0.919. The van der Waals surface area contributed by atoms with Gasteiger partial charge in [-0.3, -0.25) is 0 Å². The molecule has 0 radical (unpaired) electrons. The van der Waals surface area contributed by atoms with Gasteiger partial charge in [0.2, 0.25) is 0 Å². The molecule has 2 aromatic rings. The lowest BCUT2D eigenvalue weighted by Crippen LogP contribution is -1.74. The van der Waals surface area contributed by atoms with Crippen molar-refractivity contribution in [3.8, 4) is 6.07 Å². The van der Waals surface area contributed by atoms with Crippen molar-refractivity contribution in [3.63, 3.8) is 0 Å². The minimum Gasteiger partial charge on any atom is -0.229 e. The molecule has 3 nitrogen and oxygen atoms in total. The maximum atomic E-state index is 8.55. The van der Waals surface area contributed by atoms with Crippen molar-refractivity contribution < 1.29 is 0 Å². The molecule has 0 amide bonds. The van der Waals surface area contributed by atoms with Gasteiger partial charge in [0, 0.05) is 11.6 Å². The first-order chi connectivity index (χ1) is 4.92. The van der Waals surface area contributed by atoms with Crippen LogP contribution in [0.4, 0.5) is 0 Å². The van der Waals surface area contributed by atoms with E-state index in [2.05, 4.69) is 11.2 Å². The molecule has 0 aliphatic carbocycles. The Morgan fingerprint density at radius 3 is 3.40 bits per heavy atom. The molecule has 2 rings (SSSR count). The smallest absolute Gasteiger partial charge is 0.137 e. The molecule has 0 aliphatic rings. The summed E-state index contributed by atoms with van der Waals surface area (Å²) in [6.45, 7) is 0. The Morgan fingerprint density at radius 2 is 2.60 bits per heavy atom. The third-order valence-electron chi connectivity index (χ3n) is 1.25. The zero-order chi connectivity index (χ0) is 6.97. The monoisotopic (exact) mass is 149 g/mol. The Labute approximate surface area is 61.1 Å². The average Bonchev–Trinajstić information content (AvgIpc) is 2.44. The van der Waals surface area contributed by atoms with E-state index in [0.29, 0.717) is 5.56 Å². The van der Waals surface area contributed by atoms with Crippen LogP contribution in [0.2, 0.25) is 0 Å². The van der Waals surface area contributed by atoms with E-state index >= 15 is 0 Å². The van der Waals surface area contributed by atoms with Crippen molar-refractivity contribution in [1.29, 1.82) is 5.26 Å². The maximum absolute atomic E-state index is 8.55. The normalized spacial score (nSPS) is 9.90. The minimum atomic E-state index is 0.648. The Kier molecular flexibility index (Phi) is 0.992. The molecular formula is C6H3N3S. The highest BCUT2D eigenvalue weighted by atomic mass is 32.1. The van der Waals surface area contributed by atoms with Crippen LogP contribution >= 0.6 is 11.3 Å². The van der Waals surface area contributed by atoms with Crippen LogP contribution in [-0.4, -0.2) is 9.61 Å². The molecule has 0 N–H and O–H groups in total. The van der Waals surface area contributed by atoms with Crippen LogP contribution in [0.15, 0.2) is 17.8 Å². The SMILES string of the molecule is N#Cc1cnn2ccsc12. The molecule has 0 atom stereocenters. The topological polar surface area (TPSA) is 41.1 Å². The van der Waals surface area contributed by atoms with Gasteiger partial charge >= 0.3 is 0 Å². The van der Waals surface area contributed by atoms with Crippen LogP contribution in [0.3, 0.4) is 0 Å². The number of fused-ring (bicyclic) bond motifs is 1. The second-order valence-electron chi connectivity index (χ2n) is 1.82. The molecule has 0 bridgehead atoms. The number of thiazole rings is 1. The Morgan fingerprint density at radius 1 is 1.70 bits per heavy atom. The summed E-state index contributed by atoms with van der Waals surface area (Å²) in [5.41, 5.74) is 0.648. The van der Waals surface area contributed by atoms with Crippen LogP contribution in [0.5, 0.6) is 0 Å². The number of nitrogens with zero attached hydrogens (tertiary/aromatic N) is 3. The van der Waals surface area contributed by atoms with Crippen molar-refractivity contribution in [2.24, 2.45) is 0 Å². The van der Waals surface area contributed by atoms with Crippen LogP contribution in [0.25, 0.3) is 4.83 Å². The molecule has 0 fully saturated rings. The van der Waals surface area contributed by atoms with E-state index in [0.717, 1.165) is 4.83 Å². The first-order valence-corrected chi connectivity index (χ1v) is 3.61. The van der Waals surface area contributed by atoms with Gasteiger partial charge in [0.15, 0.2) is 0 Å². The summed E-state index contributed by atoms with van der Waals surface area (Å²) in [5.74, 6) is 0. The van der Waals surface area contributed by atoms with Gasteiger partial charge in [-0.05, 0) is 0 Å². The van der Waals surface area contributed by atoms with Gasteiger partial charge in [-0.25, -0.2) is 4.52 Å². The third kappa shape index (κ3) is 0.552. The average molecular weight is 149 g/mol. The predicted octanol–water partition coefficient (Wildman–Crippen LogP) is 1.27. The van der Waals surface area contributed by atoms with Crippen molar-refractivity contribution in [3.05, 3.63) is 23.3 Å². The zero-order valence-corrected chi connectivity index (χ0v) is 5.80. The first-order valence-electron chi connectivity index (χ1n) is 2.73. The van der Waals surface area contributed by atoms with Crippen molar-refractivity contribution in [1.82, 2.24) is 9.61 Å². The van der Waals surface area contributed by atoms with Gasteiger partial charge in [-0.2, -0.15) is 10.4 Å². The summed E-state index contributed by atoms with van der Waals surface area (Å²) < 4.78 is 1.70. The summed E-state index contributed by atoms with van der Waals surface area (Å²) in [7, 11) is 0. The van der Waals surface area contributed by atoms with E-state index in [1.54, 1.807) is 10.7 Å². The fourth-order valence-corrected chi connectivity index (χ4v) is 1.55. The molecule has 0 aliphatic heterocycles. The van der Waals surface area contributed by atoms with E-state index in [1.807, 2.05) is 11.6 Å². The van der Waals surface area contributed by atoms with Gasteiger partial charge in [-0.15, -0.1) is 11.3 Å². The maximum Gasteiger partial charge on any atom is 0.137 e. The van der Waals surface area contributed by atoms with Crippen molar-refractivity contribution >= 4 is 16.2 Å². The Hall–Kier alpha value is -1.34. The molecule has 0 spiro atoms. The molecule has 0 saturated carbocycles. The molecule has 10 heavy (non-hydrogen) atoms. The number of nitriles is 1. The lowest BCUT2D eigenvalue weighted by Gasteiger charge is -1.74. The largest absolute Gasteiger partial charge is 0.229 e.